The molecule has 2 nitrogen and oxygen atoms in total. The summed E-state index contributed by atoms with van der Waals surface area (Å²) in [5, 5.41) is 3.85. The summed E-state index contributed by atoms with van der Waals surface area (Å²) in [6.07, 6.45) is 1.04. The van der Waals surface area contributed by atoms with Crippen LogP contribution < -0.4 is 5.32 Å². The Morgan fingerprint density at radius 1 is 1.73 bits per heavy atom. The topological polar surface area (TPSA) is 21.3 Å². The van der Waals surface area contributed by atoms with Gasteiger partial charge in [0.25, 0.3) is 0 Å². The molecule has 0 bridgehead atoms. The summed E-state index contributed by atoms with van der Waals surface area (Å²) >= 11 is 5.58. The molecule has 0 aliphatic heterocycles. The van der Waals surface area contributed by atoms with E-state index >= 15 is 0 Å². The molecule has 11 heavy (non-hydrogen) atoms. The second-order valence-corrected chi connectivity index (χ2v) is 2.99. The van der Waals surface area contributed by atoms with Crippen molar-refractivity contribution in [3.63, 3.8) is 0 Å². The van der Waals surface area contributed by atoms with Gasteiger partial charge in [-0.3, -0.25) is 0 Å². The van der Waals surface area contributed by atoms with Crippen LogP contribution in [0.5, 0.6) is 0 Å². The van der Waals surface area contributed by atoms with Crippen LogP contribution in [-0.4, -0.2) is 26.3 Å². The summed E-state index contributed by atoms with van der Waals surface area (Å²) in [6, 6.07) is 0.385. The predicted octanol–water partition coefficient (Wildman–Crippen LogP) is 1.75. The second kappa shape index (κ2) is 6.65. The summed E-state index contributed by atoms with van der Waals surface area (Å²) in [7, 11) is 1.69. The van der Waals surface area contributed by atoms with Crippen molar-refractivity contribution in [2.24, 2.45) is 0 Å². The van der Waals surface area contributed by atoms with Crippen LogP contribution in [0.2, 0.25) is 0 Å². The van der Waals surface area contributed by atoms with E-state index in [4.69, 9.17) is 16.3 Å². The minimum Gasteiger partial charge on any atom is -0.383 e. The van der Waals surface area contributed by atoms with Gasteiger partial charge in [0.05, 0.1) is 6.61 Å². The molecule has 0 radical (unpaired) electrons. The zero-order valence-electron chi connectivity index (χ0n) is 7.19. The van der Waals surface area contributed by atoms with Crippen LogP contribution >= 0.6 is 11.6 Å². The van der Waals surface area contributed by atoms with Crippen molar-refractivity contribution >= 4 is 11.6 Å². The van der Waals surface area contributed by atoms with Gasteiger partial charge >= 0.3 is 0 Å². The Morgan fingerprint density at radius 3 is 2.73 bits per heavy atom. The Kier molecular flexibility index (Phi) is 6.62. The van der Waals surface area contributed by atoms with Crippen molar-refractivity contribution in [2.75, 3.05) is 20.3 Å². The molecule has 0 amide bonds. The molecule has 66 valence electrons. The lowest BCUT2D eigenvalue weighted by Gasteiger charge is -2.14. The van der Waals surface area contributed by atoms with E-state index in [2.05, 4.69) is 18.8 Å². The lowest BCUT2D eigenvalue weighted by atomic mass is 10.2. The first-order valence-corrected chi connectivity index (χ1v) is 4.14. The molecule has 1 unspecified atom stereocenters. The fourth-order valence-corrected chi connectivity index (χ4v) is 0.855. The quantitative estimate of drug-likeness (QED) is 0.668. The number of methoxy groups -OCH3 is 1. The first kappa shape index (κ1) is 11.0. The van der Waals surface area contributed by atoms with Crippen LogP contribution in [0.4, 0.5) is 0 Å². The Labute approximate surface area is 73.6 Å². The fraction of sp³-hybridized carbons (Fsp3) is 0.750. The summed E-state index contributed by atoms with van der Waals surface area (Å²) in [6.45, 7) is 7.07. The van der Waals surface area contributed by atoms with E-state index in [1.807, 2.05) is 0 Å². The summed E-state index contributed by atoms with van der Waals surface area (Å²) in [5.41, 5.74) is 0. The highest BCUT2D eigenvalue weighted by Crippen LogP contribution is 1.96. The van der Waals surface area contributed by atoms with Gasteiger partial charge in [0, 0.05) is 24.7 Å². The van der Waals surface area contributed by atoms with Crippen molar-refractivity contribution in [3.8, 4) is 0 Å². The van der Waals surface area contributed by atoms with E-state index < -0.39 is 0 Å². The third-order valence-corrected chi connectivity index (χ3v) is 1.58. The minimum atomic E-state index is 0.385. The lowest BCUT2D eigenvalue weighted by Crippen LogP contribution is -2.33. The maximum Gasteiger partial charge on any atom is 0.0615 e. The van der Waals surface area contributed by atoms with Gasteiger partial charge in [-0.2, -0.15) is 0 Å². The van der Waals surface area contributed by atoms with E-state index in [1.54, 1.807) is 7.11 Å². The van der Waals surface area contributed by atoms with Gasteiger partial charge in [-0.05, 0) is 6.42 Å². The van der Waals surface area contributed by atoms with Crippen molar-refractivity contribution in [3.05, 3.63) is 11.6 Å². The molecule has 0 spiro atoms. The third kappa shape index (κ3) is 6.35. The Morgan fingerprint density at radius 2 is 2.36 bits per heavy atom. The Hall–Kier alpha value is -0.0500. The molecule has 1 N–H and O–H groups in total. The van der Waals surface area contributed by atoms with Crippen LogP contribution in [-0.2, 0) is 4.74 Å². The van der Waals surface area contributed by atoms with Gasteiger partial charge in [0.15, 0.2) is 0 Å². The molecule has 3 heteroatoms. The highest BCUT2D eigenvalue weighted by molar-refractivity contribution is 6.29. The molecule has 0 aromatic heterocycles. The molecule has 0 heterocycles. The number of ether oxygens (including phenoxy) is 1. The molecule has 0 saturated heterocycles. The van der Waals surface area contributed by atoms with Gasteiger partial charge in [-0.25, -0.2) is 0 Å². The summed E-state index contributed by atoms with van der Waals surface area (Å²) in [4.78, 5) is 0. The number of hydrogen-bond acceptors (Lipinski definition) is 2. The maximum absolute atomic E-state index is 5.58. The number of rotatable bonds is 6. The van der Waals surface area contributed by atoms with Crippen molar-refractivity contribution in [1.82, 2.24) is 5.32 Å². The molecule has 0 aromatic carbocycles. The first-order chi connectivity index (χ1) is 5.20. The smallest absolute Gasteiger partial charge is 0.0615 e. The minimum absolute atomic E-state index is 0.385. The van der Waals surface area contributed by atoms with E-state index in [1.165, 1.54) is 0 Å². The van der Waals surface area contributed by atoms with Gasteiger partial charge in [0.1, 0.15) is 0 Å². The van der Waals surface area contributed by atoms with E-state index in [0.717, 1.165) is 13.0 Å². The number of nitrogens with one attached hydrogen (secondary N) is 1. The molecular formula is C8H16ClNO. The van der Waals surface area contributed by atoms with Crippen LogP contribution in [0, 0.1) is 0 Å². The van der Waals surface area contributed by atoms with Gasteiger partial charge in [-0.15, -0.1) is 0 Å². The molecular weight excluding hydrogens is 162 g/mol. The summed E-state index contributed by atoms with van der Waals surface area (Å²) in [5.74, 6) is 0. The van der Waals surface area contributed by atoms with E-state index in [0.29, 0.717) is 17.6 Å². The molecule has 0 aromatic rings. The molecule has 0 rings (SSSR count). The summed E-state index contributed by atoms with van der Waals surface area (Å²) < 4.78 is 4.99. The SMILES string of the molecule is C=C(Cl)CNC(CC)COC. The van der Waals surface area contributed by atoms with Crippen LogP contribution in [0.15, 0.2) is 11.6 Å². The van der Waals surface area contributed by atoms with Gasteiger partial charge < -0.3 is 10.1 Å². The fourth-order valence-electron chi connectivity index (χ4n) is 0.777. The molecule has 1 atom stereocenters. The Bertz CT molecular complexity index is 117. The lowest BCUT2D eigenvalue weighted by molar-refractivity contribution is 0.166. The number of halogens is 1. The van der Waals surface area contributed by atoms with Crippen molar-refractivity contribution < 1.29 is 4.74 Å². The molecule has 0 fully saturated rings. The number of hydrogen-bond donors (Lipinski definition) is 1. The largest absolute Gasteiger partial charge is 0.383 e. The monoisotopic (exact) mass is 177 g/mol. The highest BCUT2D eigenvalue weighted by Gasteiger charge is 2.03. The normalized spacial score (nSPS) is 13.0. The van der Waals surface area contributed by atoms with Crippen LogP contribution in [0.25, 0.3) is 0 Å². The van der Waals surface area contributed by atoms with Crippen molar-refractivity contribution in [1.29, 1.82) is 0 Å². The van der Waals surface area contributed by atoms with Crippen molar-refractivity contribution in [2.45, 2.75) is 19.4 Å². The predicted molar refractivity (Wildman–Crippen MR) is 49.0 cm³/mol. The maximum atomic E-state index is 5.58. The van der Waals surface area contributed by atoms with E-state index in [9.17, 15) is 0 Å². The Balaban J connectivity index is 3.43. The van der Waals surface area contributed by atoms with Crippen LogP contribution in [0.3, 0.4) is 0 Å². The molecule has 0 saturated carbocycles. The third-order valence-electron chi connectivity index (χ3n) is 1.44. The highest BCUT2D eigenvalue weighted by atomic mass is 35.5. The second-order valence-electron chi connectivity index (χ2n) is 2.46. The zero-order chi connectivity index (χ0) is 8.69. The van der Waals surface area contributed by atoms with Gasteiger partial charge in [0.2, 0.25) is 0 Å². The first-order valence-electron chi connectivity index (χ1n) is 3.76. The zero-order valence-corrected chi connectivity index (χ0v) is 7.95. The average molecular weight is 178 g/mol. The van der Waals surface area contributed by atoms with Crippen LogP contribution in [0.1, 0.15) is 13.3 Å². The average Bonchev–Trinajstić information content (AvgIpc) is 1.97. The van der Waals surface area contributed by atoms with E-state index in [-0.39, 0.29) is 0 Å². The standard InChI is InChI=1S/C8H16ClNO/c1-4-8(6-11-3)10-5-7(2)9/h8,10H,2,4-6H2,1,3H3. The molecule has 0 aliphatic carbocycles. The molecule has 0 aliphatic rings. The van der Waals surface area contributed by atoms with Gasteiger partial charge in [-0.1, -0.05) is 25.1 Å².